The van der Waals surface area contributed by atoms with Gasteiger partial charge in [-0.2, -0.15) is 5.10 Å². The summed E-state index contributed by atoms with van der Waals surface area (Å²) in [6.07, 6.45) is 3.79. The van der Waals surface area contributed by atoms with Crippen LogP contribution >= 0.6 is 11.8 Å². The lowest BCUT2D eigenvalue weighted by Crippen LogP contribution is -1.79. The maximum atomic E-state index is 4.31. The smallest absolute Gasteiger partial charge is 0.134 e. The molecule has 3 nitrogen and oxygen atoms in total. The first-order valence-electron chi connectivity index (χ1n) is 3.55. The second-order valence-corrected chi connectivity index (χ2v) is 3.49. The predicted molar refractivity (Wildman–Crippen MR) is 45.9 cm³/mol. The van der Waals surface area contributed by atoms with E-state index in [0.29, 0.717) is 0 Å². The van der Waals surface area contributed by atoms with E-state index < -0.39 is 0 Å². The fraction of sp³-hybridized carbons (Fsp3) is 0.286. The molecule has 2 rings (SSSR count). The highest BCUT2D eigenvalue weighted by Crippen LogP contribution is 2.16. The quantitative estimate of drug-likeness (QED) is 0.691. The van der Waals surface area contributed by atoms with Crippen LogP contribution in [0.4, 0.5) is 0 Å². The van der Waals surface area contributed by atoms with Crippen LogP contribution in [-0.2, 0) is 0 Å². The molecule has 58 valence electrons. The van der Waals surface area contributed by atoms with Crippen molar-refractivity contribution in [1.82, 2.24) is 14.6 Å². The Morgan fingerprint density at radius 1 is 1.73 bits per heavy atom. The van der Waals surface area contributed by atoms with Crippen molar-refractivity contribution in [3.8, 4) is 0 Å². The highest BCUT2D eigenvalue weighted by molar-refractivity contribution is 7.99. The lowest BCUT2D eigenvalue weighted by molar-refractivity contribution is 0.910. The van der Waals surface area contributed by atoms with Crippen LogP contribution < -0.4 is 0 Å². The minimum Gasteiger partial charge on any atom is -0.345 e. The summed E-state index contributed by atoms with van der Waals surface area (Å²) in [5.41, 5.74) is 1.06. The Morgan fingerprint density at radius 2 is 2.64 bits per heavy atom. The molecule has 1 N–H and O–H groups in total. The summed E-state index contributed by atoms with van der Waals surface area (Å²) >= 11 is 1.75. The van der Waals surface area contributed by atoms with Gasteiger partial charge in [0.05, 0.1) is 0 Å². The number of rotatable bonds is 2. The molecule has 0 aliphatic heterocycles. The minimum atomic E-state index is 1.06. The summed E-state index contributed by atoms with van der Waals surface area (Å²) < 4.78 is 1.85. The van der Waals surface area contributed by atoms with Gasteiger partial charge in [0.2, 0.25) is 0 Å². The first-order valence-corrected chi connectivity index (χ1v) is 4.54. The molecule has 0 saturated heterocycles. The average Bonchev–Trinajstić information content (AvgIpc) is 2.46. The molecule has 0 aliphatic rings. The SMILES string of the molecule is CCSc1cc2[nH]ccn2n1. The molecule has 2 aromatic heterocycles. The number of aromatic nitrogens is 3. The number of fused-ring (bicyclic) bond motifs is 1. The Hall–Kier alpha value is -0.900. The number of hydrogen-bond donors (Lipinski definition) is 1. The number of nitrogens with zero attached hydrogens (tertiary/aromatic N) is 2. The van der Waals surface area contributed by atoms with Crippen molar-refractivity contribution < 1.29 is 0 Å². The van der Waals surface area contributed by atoms with Gasteiger partial charge < -0.3 is 4.98 Å². The first kappa shape index (κ1) is 6.79. The van der Waals surface area contributed by atoms with Gasteiger partial charge in [-0.15, -0.1) is 11.8 Å². The predicted octanol–water partition coefficient (Wildman–Crippen LogP) is 1.77. The zero-order chi connectivity index (χ0) is 7.68. The Morgan fingerprint density at radius 3 is 3.36 bits per heavy atom. The molecule has 2 aromatic rings. The number of thioether (sulfide) groups is 1. The Labute approximate surface area is 68.8 Å². The van der Waals surface area contributed by atoms with E-state index in [9.17, 15) is 0 Å². The topological polar surface area (TPSA) is 33.1 Å². The Balaban J connectivity index is 2.42. The van der Waals surface area contributed by atoms with Crippen LogP contribution in [0.2, 0.25) is 0 Å². The minimum absolute atomic E-state index is 1.06. The summed E-state index contributed by atoms with van der Waals surface area (Å²) in [5, 5.41) is 5.39. The Bertz CT molecular complexity index is 321. The van der Waals surface area contributed by atoms with E-state index in [4.69, 9.17) is 0 Å². The zero-order valence-electron chi connectivity index (χ0n) is 6.24. The Kier molecular flexibility index (Phi) is 1.62. The van der Waals surface area contributed by atoms with Gasteiger partial charge in [-0.3, -0.25) is 0 Å². The van der Waals surface area contributed by atoms with Gasteiger partial charge in [0, 0.05) is 18.5 Å². The molecule has 0 aromatic carbocycles. The van der Waals surface area contributed by atoms with Gasteiger partial charge in [0.15, 0.2) is 0 Å². The zero-order valence-corrected chi connectivity index (χ0v) is 7.06. The highest BCUT2D eigenvalue weighted by Gasteiger charge is 1.99. The number of hydrogen-bond acceptors (Lipinski definition) is 2. The van der Waals surface area contributed by atoms with Gasteiger partial charge >= 0.3 is 0 Å². The third kappa shape index (κ3) is 1.14. The van der Waals surface area contributed by atoms with E-state index in [-0.39, 0.29) is 0 Å². The molecule has 0 atom stereocenters. The van der Waals surface area contributed by atoms with Crippen LogP contribution in [0, 0.1) is 0 Å². The maximum absolute atomic E-state index is 4.31. The van der Waals surface area contributed by atoms with Crippen LogP contribution in [0.3, 0.4) is 0 Å². The molecule has 0 radical (unpaired) electrons. The van der Waals surface area contributed by atoms with E-state index >= 15 is 0 Å². The average molecular weight is 167 g/mol. The number of H-pyrrole nitrogens is 1. The summed E-state index contributed by atoms with van der Waals surface area (Å²) in [6.45, 7) is 2.12. The highest BCUT2D eigenvalue weighted by atomic mass is 32.2. The van der Waals surface area contributed by atoms with Crippen molar-refractivity contribution in [3.05, 3.63) is 18.5 Å². The van der Waals surface area contributed by atoms with E-state index in [1.165, 1.54) is 0 Å². The summed E-state index contributed by atoms with van der Waals surface area (Å²) in [7, 11) is 0. The monoisotopic (exact) mass is 167 g/mol. The molecule has 0 spiro atoms. The van der Waals surface area contributed by atoms with Gasteiger partial charge in [-0.1, -0.05) is 6.92 Å². The van der Waals surface area contributed by atoms with Gasteiger partial charge in [0.25, 0.3) is 0 Å². The van der Waals surface area contributed by atoms with Crippen molar-refractivity contribution in [2.24, 2.45) is 0 Å². The second kappa shape index (κ2) is 2.62. The molecule has 11 heavy (non-hydrogen) atoms. The van der Waals surface area contributed by atoms with Gasteiger partial charge in [0.1, 0.15) is 10.7 Å². The molecular formula is C7H9N3S. The van der Waals surface area contributed by atoms with Crippen LogP contribution in [0.1, 0.15) is 6.92 Å². The molecular weight excluding hydrogens is 158 g/mol. The summed E-state index contributed by atoms with van der Waals surface area (Å²) in [5.74, 6) is 1.07. The second-order valence-electron chi connectivity index (χ2n) is 2.21. The molecule has 0 unspecified atom stereocenters. The number of aromatic amines is 1. The van der Waals surface area contributed by atoms with Gasteiger partial charge in [-0.05, 0) is 5.75 Å². The van der Waals surface area contributed by atoms with Crippen LogP contribution in [0.15, 0.2) is 23.5 Å². The van der Waals surface area contributed by atoms with Crippen molar-refractivity contribution in [2.45, 2.75) is 11.9 Å². The van der Waals surface area contributed by atoms with Gasteiger partial charge in [-0.25, -0.2) is 4.52 Å². The third-order valence-electron chi connectivity index (χ3n) is 1.45. The normalized spacial score (nSPS) is 11.0. The van der Waals surface area contributed by atoms with E-state index in [0.717, 1.165) is 16.4 Å². The first-order chi connectivity index (χ1) is 5.40. The maximum Gasteiger partial charge on any atom is 0.134 e. The number of nitrogens with one attached hydrogen (secondary N) is 1. The van der Waals surface area contributed by atoms with Crippen LogP contribution in [0.5, 0.6) is 0 Å². The van der Waals surface area contributed by atoms with Crippen molar-refractivity contribution >= 4 is 17.4 Å². The lowest BCUT2D eigenvalue weighted by atomic mass is 10.7. The molecule has 4 heteroatoms. The molecule has 0 saturated carbocycles. The van der Waals surface area contributed by atoms with Crippen molar-refractivity contribution in [1.29, 1.82) is 0 Å². The fourth-order valence-corrected chi connectivity index (χ4v) is 1.64. The van der Waals surface area contributed by atoms with E-state index in [1.807, 2.05) is 23.0 Å². The summed E-state index contributed by atoms with van der Waals surface area (Å²) in [6, 6.07) is 2.05. The molecule has 0 amide bonds. The van der Waals surface area contributed by atoms with Crippen molar-refractivity contribution in [2.75, 3.05) is 5.75 Å². The fourth-order valence-electron chi connectivity index (χ4n) is 1.01. The largest absolute Gasteiger partial charge is 0.345 e. The molecule has 2 heterocycles. The van der Waals surface area contributed by atoms with Crippen LogP contribution in [0.25, 0.3) is 5.65 Å². The van der Waals surface area contributed by atoms with Crippen molar-refractivity contribution in [3.63, 3.8) is 0 Å². The van der Waals surface area contributed by atoms with E-state index in [2.05, 4.69) is 17.0 Å². The standard InChI is InChI=1S/C7H9N3S/c1-2-11-7-5-6-8-3-4-10(6)9-7/h3-5,8H,2H2,1H3. The molecule has 0 bridgehead atoms. The lowest BCUT2D eigenvalue weighted by Gasteiger charge is -1.85. The van der Waals surface area contributed by atoms with E-state index in [1.54, 1.807) is 11.8 Å². The third-order valence-corrected chi connectivity index (χ3v) is 2.24. The molecule has 0 fully saturated rings. The number of imidazole rings is 1. The summed E-state index contributed by atoms with van der Waals surface area (Å²) in [4.78, 5) is 3.09. The molecule has 0 aliphatic carbocycles. The van der Waals surface area contributed by atoms with Crippen LogP contribution in [-0.4, -0.2) is 20.4 Å².